The molecule has 3 heterocycles. The lowest BCUT2D eigenvalue weighted by Gasteiger charge is -2.52. The fraction of sp³-hybridized carbons (Fsp3) is 0.600. The fourth-order valence-corrected chi connectivity index (χ4v) is 4.87. The van der Waals surface area contributed by atoms with E-state index in [9.17, 15) is 9.59 Å². The summed E-state index contributed by atoms with van der Waals surface area (Å²) >= 11 is 0. The Kier molecular flexibility index (Phi) is 4.40. The maximum absolute atomic E-state index is 13.1. The summed E-state index contributed by atoms with van der Waals surface area (Å²) in [6.45, 7) is 4.79. The van der Waals surface area contributed by atoms with Crippen LogP contribution >= 0.6 is 0 Å². The van der Waals surface area contributed by atoms with Crippen molar-refractivity contribution >= 4 is 11.8 Å². The van der Waals surface area contributed by atoms with E-state index in [1.54, 1.807) is 0 Å². The number of rotatable bonds is 3. The van der Waals surface area contributed by atoms with Crippen LogP contribution in [0.15, 0.2) is 24.3 Å². The van der Waals surface area contributed by atoms with Crippen molar-refractivity contribution in [1.82, 2.24) is 9.80 Å². The molecule has 0 saturated carbocycles. The Hall–Kier alpha value is -2.04. The summed E-state index contributed by atoms with van der Waals surface area (Å²) in [6, 6.07) is 7.84. The fourth-order valence-electron chi connectivity index (χ4n) is 4.87. The average Bonchev–Trinajstić information content (AvgIpc) is 2.63. The van der Waals surface area contributed by atoms with Gasteiger partial charge in [0.25, 0.3) is 5.91 Å². The molecule has 25 heavy (non-hydrogen) atoms. The van der Waals surface area contributed by atoms with Crippen LogP contribution in [0.4, 0.5) is 0 Å². The molecule has 0 aliphatic carbocycles. The van der Waals surface area contributed by atoms with Crippen LogP contribution in [-0.2, 0) is 4.79 Å². The predicted octanol–water partition coefficient (Wildman–Crippen LogP) is 2.56. The Morgan fingerprint density at radius 1 is 1.24 bits per heavy atom. The van der Waals surface area contributed by atoms with E-state index >= 15 is 0 Å². The first-order chi connectivity index (χ1) is 12.2. The molecule has 0 aromatic heterocycles. The number of likely N-dealkylation sites (tertiary alicyclic amines) is 1. The highest BCUT2D eigenvalue weighted by molar-refractivity contribution is 5.97. The van der Waals surface area contributed by atoms with Gasteiger partial charge in [-0.15, -0.1) is 0 Å². The molecule has 0 spiro atoms. The van der Waals surface area contributed by atoms with Crippen LogP contribution in [0, 0.1) is 11.8 Å². The summed E-state index contributed by atoms with van der Waals surface area (Å²) < 4.78 is 5.64. The van der Waals surface area contributed by atoms with Crippen LogP contribution < -0.4 is 4.74 Å². The molecule has 0 radical (unpaired) electrons. The summed E-state index contributed by atoms with van der Waals surface area (Å²) in [5.74, 6) is 1.86. The van der Waals surface area contributed by atoms with Crippen molar-refractivity contribution in [2.45, 2.75) is 38.6 Å². The number of hydrogen-bond acceptors (Lipinski definition) is 3. The molecule has 2 unspecified atom stereocenters. The zero-order valence-corrected chi connectivity index (χ0v) is 14.8. The molecule has 1 aromatic carbocycles. The molecule has 5 nitrogen and oxygen atoms in total. The number of carbonyl (C=O) groups excluding carboxylic acids is 2. The van der Waals surface area contributed by atoms with E-state index in [1.165, 1.54) is 0 Å². The van der Waals surface area contributed by atoms with Gasteiger partial charge in [0.1, 0.15) is 5.75 Å². The smallest absolute Gasteiger partial charge is 0.257 e. The van der Waals surface area contributed by atoms with Crippen molar-refractivity contribution in [2.24, 2.45) is 11.8 Å². The maximum atomic E-state index is 13.1. The zero-order valence-electron chi connectivity index (χ0n) is 14.8. The lowest BCUT2D eigenvalue weighted by atomic mass is 9.76. The van der Waals surface area contributed by atoms with Gasteiger partial charge in [-0.1, -0.05) is 12.1 Å². The molecule has 2 bridgehead atoms. The first-order valence-corrected chi connectivity index (χ1v) is 9.48. The van der Waals surface area contributed by atoms with E-state index in [4.69, 9.17) is 4.74 Å². The number of hydrogen-bond donors (Lipinski definition) is 0. The number of nitrogens with zero attached hydrogens (tertiary/aromatic N) is 2. The number of piperidine rings is 3. The summed E-state index contributed by atoms with van der Waals surface area (Å²) in [5.41, 5.74) is 0.654. The van der Waals surface area contributed by atoms with Gasteiger partial charge in [0.15, 0.2) is 0 Å². The summed E-state index contributed by atoms with van der Waals surface area (Å²) in [4.78, 5) is 29.5. The number of ether oxygens (including phenoxy) is 1. The quantitative estimate of drug-likeness (QED) is 0.848. The third kappa shape index (κ3) is 3.00. The maximum Gasteiger partial charge on any atom is 0.257 e. The second-order valence-corrected chi connectivity index (χ2v) is 7.51. The Balaban J connectivity index is 1.54. The molecule has 3 fully saturated rings. The molecule has 1 aromatic rings. The van der Waals surface area contributed by atoms with Crippen molar-refractivity contribution in [3.8, 4) is 5.75 Å². The van der Waals surface area contributed by atoms with Crippen LogP contribution in [0.3, 0.4) is 0 Å². The van der Waals surface area contributed by atoms with Crippen LogP contribution in [0.25, 0.3) is 0 Å². The minimum Gasteiger partial charge on any atom is -0.493 e. The van der Waals surface area contributed by atoms with Gasteiger partial charge in [-0.25, -0.2) is 0 Å². The topological polar surface area (TPSA) is 49.9 Å². The molecule has 5 heteroatoms. The molecule has 3 aliphatic rings. The van der Waals surface area contributed by atoms with Gasteiger partial charge in [-0.3, -0.25) is 9.59 Å². The lowest BCUT2D eigenvalue weighted by Crippen LogP contribution is -2.61. The predicted molar refractivity (Wildman–Crippen MR) is 94.5 cm³/mol. The SMILES string of the molecule is CCOc1ccccc1C(=O)N1CC2CC(C1)[C@H]1CCCC(=O)N1C2. The van der Waals surface area contributed by atoms with Gasteiger partial charge < -0.3 is 14.5 Å². The second-order valence-electron chi connectivity index (χ2n) is 7.51. The highest BCUT2D eigenvalue weighted by Crippen LogP contribution is 2.38. The van der Waals surface area contributed by atoms with Crippen molar-refractivity contribution < 1.29 is 14.3 Å². The zero-order chi connectivity index (χ0) is 17.4. The highest BCUT2D eigenvalue weighted by Gasteiger charge is 2.45. The van der Waals surface area contributed by atoms with Crippen molar-refractivity contribution in [1.29, 1.82) is 0 Å². The average molecular weight is 342 g/mol. The Labute approximate surface area is 148 Å². The number of para-hydroxylation sites is 1. The van der Waals surface area contributed by atoms with Crippen LogP contribution in [0.5, 0.6) is 5.75 Å². The van der Waals surface area contributed by atoms with Gasteiger partial charge >= 0.3 is 0 Å². The molecular formula is C20H26N2O3. The Morgan fingerprint density at radius 2 is 2.08 bits per heavy atom. The summed E-state index contributed by atoms with van der Waals surface area (Å²) in [7, 11) is 0. The second kappa shape index (κ2) is 6.70. The number of amides is 2. The van der Waals surface area contributed by atoms with Crippen LogP contribution in [0.2, 0.25) is 0 Å². The minimum atomic E-state index is 0.0642. The third-order valence-electron chi connectivity index (χ3n) is 5.88. The molecule has 2 amide bonds. The number of carbonyl (C=O) groups is 2. The van der Waals surface area contributed by atoms with Gasteiger partial charge in [-0.2, -0.15) is 0 Å². The number of benzene rings is 1. The van der Waals surface area contributed by atoms with Gasteiger partial charge in [-0.05, 0) is 50.2 Å². The molecule has 3 aliphatic heterocycles. The van der Waals surface area contributed by atoms with Crippen molar-refractivity contribution in [3.63, 3.8) is 0 Å². The van der Waals surface area contributed by atoms with Crippen molar-refractivity contribution in [2.75, 3.05) is 26.2 Å². The molecule has 3 atom stereocenters. The Morgan fingerprint density at radius 3 is 2.92 bits per heavy atom. The standard InChI is InChI=1S/C20H26N2O3/c1-2-25-18-8-4-3-6-16(18)20(24)21-11-14-10-15(13-21)17-7-5-9-19(23)22(17)12-14/h3-4,6,8,14-15,17H,2,5,7,9-13H2,1H3/t14?,15?,17-/m1/s1. The third-order valence-corrected chi connectivity index (χ3v) is 5.88. The lowest BCUT2D eigenvalue weighted by molar-refractivity contribution is -0.144. The van der Waals surface area contributed by atoms with Gasteiger partial charge in [0.2, 0.25) is 5.91 Å². The monoisotopic (exact) mass is 342 g/mol. The van der Waals surface area contributed by atoms with Crippen LogP contribution in [0.1, 0.15) is 43.0 Å². The van der Waals surface area contributed by atoms with E-state index in [-0.39, 0.29) is 5.91 Å². The van der Waals surface area contributed by atoms with E-state index in [1.807, 2.05) is 36.1 Å². The van der Waals surface area contributed by atoms with Crippen molar-refractivity contribution in [3.05, 3.63) is 29.8 Å². The Bertz CT molecular complexity index is 675. The molecular weight excluding hydrogens is 316 g/mol. The molecule has 4 rings (SSSR count). The molecule has 0 N–H and O–H groups in total. The van der Waals surface area contributed by atoms with E-state index in [2.05, 4.69) is 4.90 Å². The van der Waals surface area contributed by atoms with Gasteiger partial charge in [0.05, 0.1) is 12.2 Å². The van der Waals surface area contributed by atoms with E-state index < -0.39 is 0 Å². The first kappa shape index (κ1) is 16.4. The van der Waals surface area contributed by atoms with Crippen LogP contribution in [-0.4, -0.2) is 53.9 Å². The number of fused-ring (bicyclic) bond motifs is 4. The first-order valence-electron chi connectivity index (χ1n) is 9.48. The largest absolute Gasteiger partial charge is 0.493 e. The van der Waals surface area contributed by atoms with E-state index in [0.29, 0.717) is 48.1 Å². The van der Waals surface area contributed by atoms with Gasteiger partial charge in [0, 0.05) is 32.1 Å². The summed E-state index contributed by atoms with van der Waals surface area (Å²) in [6.07, 6.45) is 3.91. The summed E-state index contributed by atoms with van der Waals surface area (Å²) in [5, 5.41) is 0. The highest BCUT2D eigenvalue weighted by atomic mass is 16.5. The molecule has 134 valence electrons. The molecule has 3 saturated heterocycles. The van der Waals surface area contributed by atoms with E-state index in [0.717, 1.165) is 38.9 Å². The normalized spacial score (nSPS) is 28.5. The minimum absolute atomic E-state index is 0.0642.